The Balaban J connectivity index is 2.19. The summed E-state index contributed by atoms with van der Waals surface area (Å²) in [7, 11) is 0. The predicted octanol–water partition coefficient (Wildman–Crippen LogP) is 2.34. The lowest BCUT2D eigenvalue weighted by Crippen LogP contribution is -2.13. The van der Waals surface area contributed by atoms with E-state index in [9.17, 15) is 14.7 Å². The Morgan fingerprint density at radius 2 is 1.95 bits per heavy atom. The van der Waals surface area contributed by atoms with Crippen molar-refractivity contribution in [3.05, 3.63) is 51.2 Å². The number of carboxylic acid groups (broad SMARTS) is 1. The highest BCUT2D eigenvalue weighted by Gasteiger charge is 2.12. The molecule has 1 heterocycles. The molecule has 1 aromatic heterocycles. The molecule has 3 N–H and O–H groups in total. The minimum atomic E-state index is -1.09. The Hall–Kier alpha value is -2.16. The number of carbonyl (C=O) groups is 2. The minimum Gasteiger partial charge on any atom is -0.507 e. The number of halogens is 1. The lowest BCUT2D eigenvalue weighted by atomic mass is 10.2. The second kappa shape index (κ2) is 5.87. The number of pyridine rings is 1. The van der Waals surface area contributed by atoms with Crippen LogP contribution in [0.2, 0.25) is 0 Å². The summed E-state index contributed by atoms with van der Waals surface area (Å²) in [4.78, 5) is 26.5. The summed E-state index contributed by atoms with van der Waals surface area (Å²) in [6.07, 6.45) is 1.15. The maximum atomic E-state index is 12.0. The molecule has 102 valence electrons. The molecule has 1 aromatic carbocycles. The van der Waals surface area contributed by atoms with E-state index >= 15 is 0 Å². The van der Waals surface area contributed by atoms with Gasteiger partial charge in [0.2, 0.25) is 0 Å². The van der Waals surface area contributed by atoms with Crippen LogP contribution in [-0.2, 0) is 0 Å². The van der Waals surface area contributed by atoms with E-state index in [0.717, 1.165) is 9.77 Å². The van der Waals surface area contributed by atoms with Crippen molar-refractivity contribution in [2.24, 2.45) is 0 Å². The third-order valence-corrected chi connectivity index (χ3v) is 3.13. The Labute approximate surface area is 127 Å². The molecule has 0 spiro atoms. The molecular formula is C13H9IN2O4. The number of benzene rings is 1. The first-order chi connectivity index (χ1) is 9.47. The zero-order chi connectivity index (χ0) is 14.7. The first kappa shape index (κ1) is 14.3. The molecule has 20 heavy (non-hydrogen) atoms. The van der Waals surface area contributed by atoms with E-state index in [1.165, 1.54) is 24.3 Å². The average Bonchev–Trinajstić information content (AvgIpc) is 2.42. The Bertz CT molecular complexity index is 671. The first-order valence-corrected chi connectivity index (χ1v) is 6.54. The number of nitrogens with one attached hydrogen (secondary N) is 1. The predicted molar refractivity (Wildman–Crippen MR) is 80.0 cm³/mol. The number of hydrogen-bond donors (Lipinski definition) is 3. The van der Waals surface area contributed by atoms with E-state index in [0.29, 0.717) is 0 Å². The molecule has 0 aliphatic carbocycles. The Kier molecular flexibility index (Phi) is 4.18. The standard InChI is InChI=1S/C13H9IN2O4/c14-8-2-3-10(17)9(5-8)12(18)16-11-4-1-7(6-15-11)13(19)20/h1-6,17H,(H,19,20)(H,15,16,18). The summed E-state index contributed by atoms with van der Waals surface area (Å²) in [5.74, 6) is -1.54. The quantitative estimate of drug-likeness (QED) is 0.706. The maximum absolute atomic E-state index is 12.0. The van der Waals surface area contributed by atoms with Gasteiger partial charge in [-0.1, -0.05) is 0 Å². The summed E-state index contributed by atoms with van der Waals surface area (Å²) in [6.45, 7) is 0. The summed E-state index contributed by atoms with van der Waals surface area (Å²) in [5.41, 5.74) is 0.154. The SMILES string of the molecule is O=C(O)c1ccc(NC(=O)c2cc(I)ccc2O)nc1. The smallest absolute Gasteiger partial charge is 0.337 e. The zero-order valence-electron chi connectivity index (χ0n) is 10.0. The molecular weight excluding hydrogens is 375 g/mol. The van der Waals surface area contributed by atoms with Gasteiger partial charge < -0.3 is 15.5 Å². The highest BCUT2D eigenvalue weighted by molar-refractivity contribution is 14.1. The van der Waals surface area contributed by atoms with E-state index in [1.54, 1.807) is 6.07 Å². The molecule has 0 radical (unpaired) electrons. The molecule has 0 bridgehead atoms. The van der Waals surface area contributed by atoms with Crippen LogP contribution >= 0.6 is 22.6 Å². The van der Waals surface area contributed by atoms with E-state index < -0.39 is 11.9 Å². The van der Waals surface area contributed by atoms with Gasteiger partial charge in [0, 0.05) is 9.77 Å². The Morgan fingerprint density at radius 1 is 1.20 bits per heavy atom. The van der Waals surface area contributed by atoms with Crippen molar-refractivity contribution in [1.82, 2.24) is 4.98 Å². The van der Waals surface area contributed by atoms with Gasteiger partial charge in [-0.05, 0) is 52.9 Å². The van der Waals surface area contributed by atoms with Crippen molar-refractivity contribution in [2.75, 3.05) is 5.32 Å². The number of hydrogen-bond acceptors (Lipinski definition) is 4. The number of carboxylic acids is 1. The minimum absolute atomic E-state index is 0.0279. The fourth-order valence-electron chi connectivity index (χ4n) is 1.47. The first-order valence-electron chi connectivity index (χ1n) is 5.46. The summed E-state index contributed by atoms with van der Waals surface area (Å²) in [6, 6.07) is 7.35. The van der Waals surface area contributed by atoms with Crippen molar-refractivity contribution in [1.29, 1.82) is 0 Å². The van der Waals surface area contributed by atoms with Crippen molar-refractivity contribution in [2.45, 2.75) is 0 Å². The number of rotatable bonds is 3. The third kappa shape index (κ3) is 3.23. The molecule has 0 aliphatic heterocycles. The molecule has 1 amide bonds. The van der Waals surface area contributed by atoms with Gasteiger partial charge in [0.1, 0.15) is 11.6 Å². The summed E-state index contributed by atoms with van der Waals surface area (Å²) < 4.78 is 0.805. The average molecular weight is 384 g/mol. The number of aromatic nitrogens is 1. The normalized spacial score (nSPS) is 10.1. The third-order valence-electron chi connectivity index (χ3n) is 2.46. The highest BCUT2D eigenvalue weighted by atomic mass is 127. The van der Waals surface area contributed by atoms with Crippen LogP contribution < -0.4 is 5.32 Å². The van der Waals surface area contributed by atoms with Crippen molar-refractivity contribution in [3.63, 3.8) is 0 Å². The number of phenols is 1. The molecule has 0 atom stereocenters. The van der Waals surface area contributed by atoms with Gasteiger partial charge >= 0.3 is 5.97 Å². The monoisotopic (exact) mass is 384 g/mol. The van der Waals surface area contributed by atoms with Crippen LogP contribution in [0, 0.1) is 3.57 Å². The van der Waals surface area contributed by atoms with E-state index in [4.69, 9.17) is 5.11 Å². The van der Waals surface area contributed by atoms with Crippen molar-refractivity contribution >= 4 is 40.3 Å². The van der Waals surface area contributed by atoms with Gasteiger partial charge in [-0.15, -0.1) is 0 Å². The van der Waals surface area contributed by atoms with Gasteiger partial charge in [0.05, 0.1) is 11.1 Å². The molecule has 0 aliphatic rings. The van der Waals surface area contributed by atoms with E-state index in [-0.39, 0.29) is 22.7 Å². The van der Waals surface area contributed by atoms with E-state index in [1.807, 2.05) is 22.6 Å². The maximum Gasteiger partial charge on any atom is 0.337 e. The Morgan fingerprint density at radius 3 is 2.55 bits per heavy atom. The molecule has 0 saturated carbocycles. The molecule has 0 saturated heterocycles. The zero-order valence-corrected chi connectivity index (χ0v) is 12.2. The molecule has 2 aromatic rings. The number of anilines is 1. The van der Waals surface area contributed by atoms with E-state index in [2.05, 4.69) is 10.3 Å². The largest absolute Gasteiger partial charge is 0.507 e. The molecule has 0 unspecified atom stereocenters. The van der Waals surface area contributed by atoms with Gasteiger partial charge in [0.25, 0.3) is 5.91 Å². The van der Waals surface area contributed by atoms with Crippen LogP contribution in [-0.4, -0.2) is 27.1 Å². The van der Waals surface area contributed by atoms with Crippen LogP contribution in [0.15, 0.2) is 36.5 Å². The van der Waals surface area contributed by atoms with Crippen LogP contribution in [0.5, 0.6) is 5.75 Å². The van der Waals surface area contributed by atoms with Crippen LogP contribution in [0.3, 0.4) is 0 Å². The van der Waals surface area contributed by atoms with Gasteiger partial charge in [-0.2, -0.15) is 0 Å². The lowest BCUT2D eigenvalue weighted by molar-refractivity contribution is 0.0696. The lowest BCUT2D eigenvalue weighted by Gasteiger charge is -2.06. The highest BCUT2D eigenvalue weighted by Crippen LogP contribution is 2.20. The fraction of sp³-hybridized carbons (Fsp3) is 0. The number of nitrogens with zero attached hydrogens (tertiary/aromatic N) is 1. The number of aromatic carboxylic acids is 1. The van der Waals surface area contributed by atoms with Gasteiger partial charge in [-0.3, -0.25) is 4.79 Å². The van der Waals surface area contributed by atoms with Gasteiger partial charge in [0.15, 0.2) is 0 Å². The number of amides is 1. The molecule has 0 fully saturated rings. The fourth-order valence-corrected chi connectivity index (χ4v) is 1.96. The topological polar surface area (TPSA) is 99.5 Å². The molecule has 7 heteroatoms. The van der Waals surface area contributed by atoms with Crippen LogP contribution in [0.1, 0.15) is 20.7 Å². The molecule has 2 rings (SSSR count). The summed E-state index contributed by atoms with van der Waals surface area (Å²) >= 11 is 2.03. The number of phenolic OH excluding ortho intramolecular Hbond substituents is 1. The van der Waals surface area contributed by atoms with Crippen LogP contribution in [0.4, 0.5) is 5.82 Å². The summed E-state index contributed by atoms with van der Waals surface area (Å²) in [5, 5.41) is 20.9. The van der Waals surface area contributed by atoms with Crippen molar-refractivity contribution < 1.29 is 19.8 Å². The number of aromatic hydroxyl groups is 1. The second-order valence-corrected chi connectivity index (χ2v) is 5.10. The molecule has 6 nitrogen and oxygen atoms in total. The van der Waals surface area contributed by atoms with Gasteiger partial charge in [-0.25, -0.2) is 9.78 Å². The van der Waals surface area contributed by atoms with Crippen LogP contribution in [0.25, 0.3) is 0 Å². The van der Waals surface area contributed by atoms with Crippen molar-refractivity contribution in [3.8, 4) is 5.75 Å². The number of carbonyl (C=O) groups excluding carboxylic acids is 1. The second-order valence-electron chi connectivity index (χ2n) is 3.85.